The highest BCUT2D eigenvalue weighted by Crippen LogP contribution is 2.24. The third kappa shape index (κ3) is 4.54. The van der Waals surface area contributed by atoms with Crippen molar-refractivity contribution in [2.24, 2.45) is 11.8 Å². The van der Waals surface area contributed by atoms with Crippen molar-refractivity contribution in [3.8, 4) is 0 Å². The van der Waals surface area contributed by atoms with Crippen LogP contribution in [0.2, 0.25) is 0 Å². The Morgan fingerprint density at radius 1 is 1.06 bits per heavy atom. The molecule has 3 N–H and O–H groups in total. The van der Waals surface area contributed by atoms with Gasteiger partial charge in [-0.15, -0.1) is 0 Å². The van der Waals surface area contributed by atoms with Crippen LogP contribution in [0.5, 0.6) is 0 Å². The average Bonchev–Trinajstić information content (AvgIpc) is 2.40. The lowest BCUT2D eigenvalue weighted by molar-refractivity contribution is 0.00111. The highest BCUT2D eigenvalue weighted by molar-refractivity contribution is 4.77. The lowest BCUT2D eigenvalue weighted by Crippen LogP contribution is -2.40. The fourth-order valence-electron chi connectivity index (χ4n) is 2.93. The predicted octanol–water partition coefficient (Wildman–Crippen LogP) is 1.59. The van der Waals surface area contributed by atoms with Crippen LogP contribution in [0.4, 0.5) is 0 Å². The van der Waals surface area contributed by atoms with Crippen LogP contribution >= 0.6 is 0 Å². The van der Waals surface area contributed by atoms with Crippen LogP contribution < -0.4 is 11.3 Å². The zero-order chi connectivity index (χ0) is 11.9. The Morgan fingerprint density at radius 2 is 1.88 bits per heavy atom. The molecule has 2 unspecified atom stereocenters. The predicted molar refractivity (Wildman–Crippen MR) is 67.5 cm³/mol. The first-order chi connectivity index (χ1) is 8.38. The maximum absolute atomic E-state index is 5.78. The van der Waals surface area contributed by atoms with Crippen LogP contribution in [-0.4, -0.2) is 32.0 Å². The van der Waals surface area contributed by atoms with E-state index in [4.69, 9.17) is 15.3 Å². The lowest BCUT2D eigenvalue weighted by Gasteiger charge is -2.30. The van der Waals surface area contributed by atoms with Gasteiger partial charge in [-0.1, -0.05) is 0 Å². The summed E-state index contributed by atoms with van der Waals surface area (Å²) in [5, 5.41) is 0. The van der Waals surface area contributed by atoms with E-state index in [-0.39, 0.29) is 0 Å². The molecule has 4 heteroatoms. The largest absolute Gasteiger partial charge is 0.381 e. The number of hydrazine groups is 1. The number of hydrogen-bond acceptors (Lipinski definition) is 4. The summed E-state index contributed by atoms with van der Waals surface area (Å²) < 4.78 is 11.2. The Morgan fingerprint density at radius 3 is 2.53 bits per heavy atom. The Bertz CT molecular complexity index is 182. The minimum absolute atomic E-state index is 0.404. The molecule has 100 valence electrons. The molecule has 0 amide bonds. The first-order valence-corrected chi connectivity index (χ1v) is 7.04. The molecule has 2 aliphatic rings. The fraction of sp³-hybridized carbons (Fsp3) is 1.00. The van der Waals surface area contributed by atoms with Gasteiger partial charge in [0.1, 0.15) is 0 Å². The van der Waals surface area contributed by atoms with Gasteiger partial charge in [0.25, 0.3) is 0 Å². The van der Waals surface area contributed by atoms with Crippen molar-refractivity contribution in [2.45, 2.75) is 57.1 Å². The third-order valence-electron chi connectivity index (χ3n) is 4.02. The number of nitrogens with two attached hydrogens (primary N) is 1. The van der Waals surface area contributed by atoms with E-state index in [9.17, 15) is 0 Å². The topological polar surface area (TPSA) is 56.5 Å². The van der Waals surface area contributed by atoms with Crippen molar-refractivity contribution in [3.05, 3.63) is 0 Å². The molecule has 4 nitrogen and oxygen atoms in total. The first-order valence-electron chi connectivity index (χ1n) is 7.04. The van der Waals surface area contributed by atoms with Gasteiger partial charge in [0.15, 0.2) is 0 Å². The molecule has 17 heavy (non-hydrogen) atoms. The maximum Gasteiger partial charge on any atom is 0.0590 e. The van der Waals surface area contributed by atoms with E-state index in [1.807, 2.05) is 0 Å². The van der Waals surface area contributed by atoms with Gasteiger partial charge < -0.3 is 9.47 Å². The van der Waals surface area contributed by atoms with Crippen molar-refractivity contribution in [1.82, 2.24) is 5.43 Å². The SMILES string of the molecule is NNC(CC1CCOCC1)CC1CCCCO1. The molecule has 0 aromatic rings. The van der Waals surface area contributed by atoms with E-state index >= 15 is 0 Å². The van der Waals surface area contributed by atoms with Crippen molar-refractivity contribution >= 4 is 0 Å². The highest BCUT2D eigenvalue weighted by Gasteiger charge is 2.23. The van der Waals surface area contributed by atoms with Gasteiger partial charge in [0.05, 0.1) is 6.10 Å². The van der Waals surface area contributed by atoms with Gasteiger partial charge in [-0.05, 0) is 50.9 Å². The molecule has 2 atom stereocenters. The molecule has 0 aromatic heterocycles. The van der Waals surface area contributed by atoms with Crippen molar-refractivity contribution in [1.29, 1.82) is 0 Å². The minimum atomic E-state index is 0.404. The summed E-state index contributed by atoms with van der Waals surface area (Å²) >= 11 is 0. The summed E-state index contributed by atoms with van der Waals surface area (Å²) in [7, 11) is 0. The number of rotatable bonds is 5. The third-order valence-corrected chi connectivity index (χ3v) is 4.02. The van der Waals surface area contributed by atoms with Gasteiger partial charge in [-0.2, -0.15) is 0 Å². The smallest absolute Gasteiger partial charge is 0.0590 e. The van der Waals surface area contributed by atoms with Crippen LogP contribution in [0.25, 0.3) is 0 Å². The Kier molecular flexibility index (Phi) is 5.71. The molecule has 0 spiro atoms. The Balaban J connectivity index is 1.71. The van der Waals surface area contributed by atoms with Crippen LogP contribution in [0.1, 0.15) is 44.9 Å². The van der Waals surface area contributed by atoms with Gasteiger partial charge in [-0.25, -0.2) is 0 Å². The second-order valence-corrected chi connectivity index (χ2v) is 5.38. The summed E-state index contributed by atoms with van der Waals surface area (Å²) in [6, 6.07) is 0.404. The number of nitrogens with one attached hydrogen (secondary N) is 1. The normalized spacial score (nSPS) is 29.1. The van der Waals surface area contributed by atoms with E-state index in [1.165, 1.54) is 38.5 Å². The Hall–Kier alpha value is -0.160. The van der Waals surface area contributed by atoms with Crippen LogP contribution in [0, 0.1) is 5.92 Å². The Labute approximate surface area is 104 Å². The second-order valence-electron chi connectivity index (χ2n) is 5.38. The van der Waals surface area contributed by atoms with E-state index in [1.54, 1.807) is 0 Å². The van der Waals surface area contributed by atoms with Crippen molar-refractivity contribution in [2.75, 3.05) is 19.8 Å². The molecular weight excluding hydrogens is 216 g/mol. The van der Waals surface area contributed by atoms with Gasteiger partial charge in [0, 0.05) is 25.9 Å². The zero-order valence-corrected chi connectivity index (χ0v) is 10.7. The standard InChI is InChI=1S/C13H26N2O2/c14-15-12(9-11-4-7-16-8-5-11)10-13-3-1-2-6-17-13/h11-13,15H,1-10,14H2. The molecule has 0 aromatic carbocycles. The van der Waals surface area contributed by atoms with Crippen molar-refractivity contribution < 1.29 is 9.47 Å². The van der Waals surface area contributed by atoms with E-state index in [2.05, 4.69) is 5.43 Å². The lowest BCUT2D eigenvalue weighted by atomic mass is 9.89. The second kappa shape index (κ2) is 7.31. The summed E-state index contributed by atoms with van der Waals surface area (Å²) in [5.74, 6) is 6.44. The van der Waals surface area contributed by atoms with E-state index < -0.39 is 0 Å². The zero-order valence-electron chi connectivity index (χ0n) is 10.7. The van der Waals surface area contributed by atoms with Crippen molar-refractivity contribution in [3.63, 3.8) is 0 Å². The maximum atomic E-state index is 5.78. The van der Waals surface area contributed by atoms with E-state index in [0.29, 0.717) is 12.1 Å². The molecule has 0 aliphatic carbocycles. The number of ether oxygens (including phenoxy) is 2. The molecule has 2 aliphatic heterocycles. The molecule has 0 radical (unpaired) electrons. The molecule has 2 rings (SSSR count). The molecule has 2 fully saturated rings. The van der Waals surface area contributed by atoms with Crippen LogP contribution in [0.3, 0.4) is 0 Å². The molecule has 0 bridgehead atoms. The van der Waals surface area contributed by atoms with Gasteiger partial charge in [-0.3, -0.25) is 11.3 Å². The van der Waals surface area contributed by atoms with Crippen LogP contribution in [-0.2, 0) is 9.47 Å². The minimum Gasteiger partial charge on any atom is -0.381 e. The molecule has 2 saturated heterocycles. The summed E-state index contributed by atoms with van der Waals surface area (Å²) in [6.07, 6.45) is 8.74. The van der Waals surface area contributed by atoms with Gasteiger partial charge >= 0.3 is 0 Å². The van der Waals surface area contributed by atoms with Gasteiger partial charge in [0.2, 0.25) is 0 Å². The number of hydrogen-bond donors (Lipinski definition) is 2. The average molecular weight is 242 g/mol. The molecule has 2 heterocycles. The van der Waals surface area contributed by atoms with Crippen LogP contribution in [0.15, 0.2) is 0 Å². The first kappa shape index (κ1) is 13.3. The molecular formula is C13H26N2O2. The summed E-state index contributed by atoms with van der Waals surface area (Å²) in [6.45, 7) is 2.77. The summed E-state index contributed by atoms with van der Waals surface area (Å²) in [4.78, 5) is 0. The fourth-order valence-corrected chi connectivity index (χ4v) is 2.93. The highest BCUT2D eigenvalue weighted by atomic mass is 16.5. The quantitative estimate of drug-likeness (QED) is 0.568. The monoisotopic (exact) mass is 242 g/mol. The molecule has 0 saturated carbocycles. The summed E-state index contributed by atoms with van der Waals surface area (Å²) in [5.41, 5.74) is 2.98. The van der Waals surface area contributed by atoms with E-state index in [0.717, 1.165) is 32.2 Å².